The Kier molecular flexibility index (Phi) is 4.64. The molecule has 0 amide bonds. The number of aliphatic carboxylic acids is 1. The number of carboxylic acids is 1. The fourth-order valence-electron chi connectivity index (χ4n) is 2.75. The van der Waals surface area contributed by atoms with E-state index in [9.17, 15) is 28.3 Å². The minimum absolute atomic E-state index is 0.115. The van der Waals surface area contributed by atoms with Gasteiger partial charge in [-0.3, -0.25) is 4.99 Å². The fourth-order valence-corrected chi connectivity index (χ4v) is 2.75. The Morgan fingerprint density at radius 1 is 1.38 bits per heavy atom. The summed E-state index contributed by atoms with van der Waals surface area (Å²) in [4.78, 5) is 15.7. The van der Waals surface area contributed by atoms with E-state index >= 15 is 0 Å². The molecule has 2 rings (SSSR count). The highest BCUT2D eigenvalue weighted by Crippen LogP contribution is 2.40. The molecule has 5 nitrogen and oxygen atoms in total. The van der Waals surface area contributed by atoms with E-state index in [2.05, 4.69) is 9.73 Å². The van der Waals surface area contributed by atoms with Gasteiger partial charge < -0.3 is 9.84 Å². The van der Waals surface area contributed by atoms with Crippen LogP contribution in [-0.2, 0) is 4.79 Å². The molecule has 1 aromatic rings. The SMILES string of the molecule is CC1=NC(C)=C(C(=O)O)C(c2cccc(OC(F)(F)F)c2)C1C#N. The van der Waals surface area contributed by atoms with Crippen molar-refractivity contribution in [1.82, 2.24) is 0 Å². The number of ether oxygens (including phenoxy) is 1. The summed E-state index contributed by atoms with van der Waals surface area (Å²) >= 11 is 0. The Hall–Kier alpha value is -2.82. The second-order valence-electron chi connectivity index (χ2n) is 5.26. The van der Waals surface area contributed by atoms with E-state index in [0.29, 0.717) is 5.71 Å². The molecule has 1 N–H and O–H groups in total. The minimum Gasteiger partial charge on any atom is -0.478 e. The van der Waals surface area contributed by atoms with Gasteiger partial charge in [-0.25, -0.2) is 4.79 Å². The van der Waals surface area contributed by atoms with Crippen molar-refractivity contribution in [3.8, 4) is 11.8 Å². The van der Waals surface area contributed by atoms with E-state index in [0.717, 1.165) is 12.1 Å². The molecular weight excluding hydrogens is 325 g/mol. The molecule has 0 saturated carbocycles. The molecule has 1 aliphatic heterocycles. The second kappa shape index (κ2) is 6.35. The molecule has 2 unspecified atom stereocenters. The summed E-state index contributed by atoms with van der Waals surface area (Å²) in [5.74, 6) is -3.56. The molecule has 0 spiro atoms. The second-order valence-corrected chi connectivity index (χ2v) is 5.26. The maximum atomic E-state index is 12.4. The highest BCUT2D eigenvalue weighted by molar-refractivity contribution is 5.97. The number of halogens is 3. The Labute approximate surface area is 135 Å². The summed E-state index contributed by atoms with van der Waals surface area (Å²) in [5.41, 5.74) is 0.761. The molecule has 0 saturated heterocycles. The predicted molar refractivity (Wildman–Crippen MR) is 78.4 cm³/mol. The molecule has 1 heterocycles. The smallest absolute Gasteiger partial charge is 0.478 e. The molecule has 0 aliphatic carbocycles. The molecule has 2 atom stereocenters. The van der Waals surface area contributed by atoms with Crippen LogP contribution in [0.1, 0.15) is 25.3 Å². The first kappa shape index (κ1) is 17.5. The largest absolute Gasteiger partial charge is 0.573 e. The molecule has 126 valence electrons. The van der Waals surface area contributed by atoms with Gasteiger partial charge in [-0.05, 0) is 31.5 Å². The molecule has 0 radical (unpaired) electrons. The zero-order valence-corrected chi connectivity index (χ0v) is 12.8. The van der Waals surface area contributed by atoms with E-state index in [1.54, 1.807) is 6.92 Å². The Balaban J connectivity index is 2.55. The number of hydrogen-bond acceptors (Lipinski definition) is 4. The highest BCUT2D eigenvalue weighted by Gasteiger charge is 2.38. The number of carboxylic acid groups (broad SMARTS) is 1. The maximum absolute atomic E-state index is 12.4. The van der Waals surface area contributed by atoms with Crippen molar-refractivity contribution in [3.05, 3.63) is 41.1 Å². The van der Waals surface area contributed by atoms with Crippen molar-refractivity contribution in [2.45, 2.75) is 26.1 Å². The van der Waals surface area contributed by atoms with Gasteiger partial charge in [-0.1, -0.05) is 12.1 Å². The summed E-state index contributed by atoms with van der Waals surface area (Å²) in [6, 6.07) is 6.97. The lowest BCUT2D eigenvalue weighted by molar-refractivity contribution is -0.274. The van der Waals surface area contributed by atoms with Crippen LogP contribution in [0.4, 0.5) is 13.2 Å². The first-order valence-corrected chi connectivity index (χ1v) is 6.88. The van der Waals surface area contributed by atoms with Crippen molar-refractivity contribution >= 4 is 11.7 Å². The molecule has 0 fully saturated rings. The number of rotatable bonds is 3. The van der Waals surface area contributed by atoms with Gasteiger partial charge in [-0.15, -0.1) is 13.2 Å². The molecule has 0 aromatic heterocycles. The normalized spacial score (nSPS) is 21.1. The summed E-state index contributed by atoms with van der Waals surface area (Å²) in [6.07, 6.45) is -4.86. The molecule has 1 aliphatic rings. The molecule has 8 heteroatoms. The van der Waals surface area contributed by atoms with Crippen LogP contribution in [0.2, 0.25) is 0 Å². The average Bonchev–Trinajstić information content (AvgIpc) is 2.44. The lowest BCUT2D eigenvalue weighted by Crippen LogP contribution is -2.28. The Bertz CT molecular complexity index is 776. The third-order valence-electron chi connectivity index (χ3n) is 3.65. The zero-order chi connectivity index (χ0) is 18.1. The molecule has 0 bridgehead atoms. The van der Waals surface area contributed by atoms with Crippen molar-refractivity contribution in [3.63, 3.8) is 0 Å². The third-order valence-corrected chi connectivity index (χ3v) is 3.65. The fraction of sp³-hybridized carbons (Fsp3) is 0.312. The Morgan fingerprint density at radius 2 is 2.04 bits per heavy atom. The van der Waals surface area contributed by atoms with Crippen LogP contribution in [0, 0.1) is 17.2 Å². The van der Waals surface area contributed by atoms with Crippen molar-refractivity contribution in [2.75, 3.05) is 0 Å². The van der Waals surface area contributed by atoms with Crippen LogP contribution in [0.15, 0.2) is 40.5 Å². The van der Waals surface area contributed by atoms with Gasteiger partial charge in [0.05, 0.1) is 17.6 Å². The van der Waals surface area contributed by atoms with Crippen LogP contribution in [0.25, 0.3) is 0 Å². The molecule has 1 aromatic carbocycles. The number of carbonyl (C=O) groups is 1. The molecule has 24 heavy (non-hydrogen) atoms. The van der Waals surface area contributed by atoms with Crippen molar-refractivity contribution < 1.29 is 27.8 Å². The number of nitrogens with zero attached hydrogens (tertiary/aromatic N) is 2. The topological polar surface area (TPSA) is 82.7 Å². The maximum Gasteiger partial charge on any atom is 0.573 e. The monoisotopic (exact) mass is 338 g/mol. The number of alkyl halides is 3. The van der Waals surface area contributed by atoms with Crippen molar-refractivity contribution in [2.24, 2.45) is 10.9 Å². The summed E-state index contributed by atoms with van der Waals surface area (Å²) in [5, 5.41) is 18.8. The van der Waals surface area contributed by atoms with Gasteiger partial charge >= 0.3 is 12.3 Å². The standard InChI is InChI=1S/C16H13F3N2O3/c1-8-12(7-20)14(13(15(22)23)9(2)21-8)10-4-3-5-11(6-10)24-16(17,18)19/h3-6,12,14H,1-2H3,(H,22,23). The lowest BCUT2D eigenvalue weighted by atomic mass is 9.76. The summed E-state index contributed by atoms with van der Waals surface area (Å²) < 4.78 is 41.0. The first-order valence-electron chi connectivity index (χ1n) is 6.88. The highest BCUT2D eigenvalue weighted by atomic mass is 19.4. The first-order chi connectivity index (χ1) is 11.1. The van der Waals surface area contributed by atoms with Crippen LogP contribution in [0.3, 0.4) is 0 Å². The lowest BCUT2D eigenvalue weighted by Gasteiger charge is -2.28. The summed E-state index contributed by atoms with van der Waals surface area (Å²) in [7, 11) is 0. The van der Waals surface area contributed by atoms with Crippen molar-refractivity contribution in [1.29, 1.82) is 5.26 Å². The quantitative estimate of drug-likeness (QED) is 0.912. The van der Waals surface area contributed by atoms with Gasteiger partial charge in [0, 0.05) is 17.3 Å². The zero-order valence-electron chi connectivity index (χ0n) is 12.8. The number of aliphatic imine (C=N–C) groups is 1. The van der Waals surface area contributed by atoms with Crippen LogP contribution in [-0.4, -0.2) is 23.1 Å². The van der Waals surface area contributed by atoms with E-state index in [1.165, 1.54) is 19.1 Å². The van der Waals surface area contributed by atoms with E-state index in [4.69, 9.17) is 0 Å². The van der Waals surface area contributed by atoms with Crippen LogP contribution < -0.4 is 4.74 Å². The van der Waals surface area contributed by atoms with Gasteiger partial charge in [-0.2, -0.15) is 5.26 Å². The van der Waals surface area contributed by atoms with Crippen LogP contribution >= 0.6 is 0 Å². The van der Waals surface area contributed by atoms with Gasteiger partial charge in [0.25, 0.3) is 0 Å². The average molecular weight is 338 g/mol. The van der Waals surface area contributed by atoms with E-state index in [-0.39, 0.29) is 16.8 Å². The van der Waals surface area contributed by atoms with E-state index in [1.807, 2.05) is 6.07 Å². The predicted octanol–water partition coefficient (Wildman–Crippen LogP) is 3.64. The molecular formula is C16H13F3N2O3. The summed E-state index contributed by atoms with van der Waals surface area (Å²) in [6.45, 7) is 3.07. The van der Waals surface area contributed by atoms with E-state index < -0.39 is 29.9 Å². The number of nitriles is 1. The van der Waals surface area contributed by atoms with Gasteiger partial charge in [0.2, 0.25) is 0 Å². The minimum atomic E-state index is -4.86. The van der Waals surface area contributed by atoms with Gasteiger partial charge in [0.15, 0.2) is 0 Å². The number of benzene rings is 1. The third kappa shape index (κ3) is 3.56. The van der Waals surface area contributed by atoms with Gasteiger partial charge in [0.1, 0.15) is 5.75 Å². The Morgan fingerprint density at radius 3 is 2.58 bits per heavy atom. The number of hydrogen-bond donors (Lipinski definition) is 1. The van der Waals surface area contributed by atoms with Crippen LogP contribution in [0.5, 0.6) is 5.75 Å². The number of allylic oxidation sites excluding steroid dienone is 1.